The van der Waals surface area contributed by atoms with Crippen molar-refractivity contribution >= 4 is 46.6 Å². The van der Waals surface area contributed by atoms with E-state index >= 15 is 0 Å². The molecule has 59 heavy (non-hydrogen) atoms. The van der Waals surface area contributed by atoms with Gasteiger partial charge in [-0.25, -0.2) is 18.9 Å². The number of benzene rings is 2. The van der Waals surface area contributed by atoms with Crippen LogP contribution in [0, 0.1) is 5.82 Å². The van der Waals surface area contributed by atoms with Gasteiger partial charge in [0.1, 0.15) is 29.2 Å². The number of anilines is 3. The molecule has 3 fully saturated rings. The molecule has 16 heteroatoms. The van der Waals surface area contributed by atoms with Crippen LogP contribution in [0.5, 0.6) is 0 Å². The number of hydrogen-bond acceptors (Lipinski definition) is 12. The van der Waals surface area contributed by atoms with E-state index in [9.17, 15) is 23.6 Å². The van der Waals surface area contributed by atoms with Crippen molar-refractivity contribution in [3.63, 3.8) is 0 Å². The van der Waals surface area contributed by atoms with Crippen molar-refractivity contribution in [3.8, 4) is 11.4 Å². The highest BCUT2D eigenvalue weighted by atomic mass is 19.1. The number of aromatic nitrogens is 4. The summed E-state index contributed by atoms with van der Waals surface area (Å²) in [5.74, 6) is -0.559. The molecule has 3 saturated heterocycles. The van der Waals surface area contributed by atoms with E-state index in [1.165, 1.54) is 6.07 Å². The van der Waals surface area contributed by atoms with Crippen LogP contribution in [-0.4, -0.2) is 118 Å². The van der Waals surface area contributed by atoms with E-state index in [0.29, 0.717) is 25.4 Å². The maximum absolute atomic E-state index is 14.1. The minimum absolute atomic E-state index is 0.0639. The monoisotopic (exact) mass is 800 g/mol. The number of ether oxygens (including phenoxy) is 1. The van der Waals surface area contributed by atoms with Gasteiger partial charge in [-0.2, -0.15) is 0 Å². The van der Waals surface area contributed by atoms with Gasteiger partial charge in [-0.05, 0) is 85.8 Å². The summed E-state index contributed by atoms with van der Waals surface area (Å²) < 4.78 is 21.9. The zero-order valence-electron chi connectivity index (χ0n) is 32.6. The Hall–Kier alpha value is -6.26. The number of hydrogen-bond donors (Lipinski definition) is 2. The molecule has 4 aliphatic rings. The first-order valence-electron chi connectivity index (χ1n) is 20.3. The molecule has 2 aromatic carbocycles. The highest BCUT2D eigenvalue weighted by Crippen LogP contribution is 2.36. The highest BCUT2D eigenvalue weighted by molar-refractivity contribution is 6.23. The Kier molecular flexibility index (Phi) is 10.7. The van der Waals surface area contributed by atoms with Gasteiger partial charge in [-0.1, -0.05) is 18.2 Å². The molecule has 0 radical (unpaired) electrons. The van der Waals surface area contributed by atoms with Gasteiger partial charge in [0.25, 0.3) is 11.8 Å². The maximum Gasteiger partial charge on any atom is 0.262 e. The minimum Gasteiger partial charge on any atom is -0.385 e. The van der Waals surface area contributed by atoms with Crippen molar-refractivity contribution in [1.82, 2.24) is 34.7 Å². The molecular formula is C43H45FN10O5. The number of nitrogens with one attached hydrogen (secondary N) is 2. The first-order chi connectivity index (χ1) is 28.8. The second-order valence-electron chi connectivity index (χ2n) is 15.3. The fourth-order valence-electron chi connectivity index (χ4n) is 8.52. The predicted octanol–water partition coefficient (Wildman–Crippen LogP) is 4.31. The number of carbonyl (C=O) groups is 4. The van der Waals surface area contributed by atoms with Crippen LogP contribution >= 0.6 is 0 Å². The summed E-state index contributed by atoms with van der Waals surface area (Å²) in [6.07, 6.45) is 4.72. The number of piperazine rings is 1. The fraction of sp³-hybridized carbons (Fsp3) is 0.372. The largest absolute Gasteiger partial charge is 0.385 e. The Morgan fingerprint density at radius 1 is 0.831 bits per heavy atom. The summed E-state index contributed by atoms with van der Waals surface area (Å²) in [4.78, 5) is 67.5. The van der Waals surface area contributed by atoms with E-state index in [0.717, 1.165) is 97.7 Å². The van der Waals surface area contributed by atoms with Gasteiger partial charge >= 0.3 is 0 Å². The van der Waals surface area contributed by atoms with Gasteiger partial charge in [-0.3, -0.25) is 34.3 Å². The summed E-state index contributed by atoms with van der Waals surface area (Å²) in [6.45, 7) is 6.93. The van der Waals surface area contributed by atoms with Crippen LogP contribution in [0.3, 0.4) is 0 Å². The molecule has 2 unspecified atom stereocenters. The van der Waals surface area contributed by atoms with E-state index < -0.39 is 29.7 Å². The lowest BCUT2D eigenvalue weighted by Crippen LogP contribution is -2.54. The van der Waals surface area contributed by atoms with Crippen LogP contribution < -0.4 is 20.4 Å². The molecule has 9 rings (SSSR count). The molecule has 7 heterocycles. The zero-order valence-corrected chi connectivity index (χ0v) is 32.6. The van der Waals surface area contributed by atoms with Gasteiger partial charge in [-0.15, -0.1) is 5.10 Å². The molecule has 4 aliphatic heterocycles. The number of nitrogens with zero attached hydrogens (tertiary/aromatic N) is 8. The maximum atomic E-state index is 14.1. The summed E-state index contributed by atoms with van der Waals surface area (Å²) in [6, 6.07) is 20.9. The molecule has 304 valence electrons. The molecule has 5 aromatic rings. The molecule has 0 spiro atoms. The lowest BCUT2D eigenvalue weighted by atomic mass is 10.0. The number of fused-ring (bicyclic) bond motifs is 2. The zero-order chi connectivity index (χ0) is 40.5. The molecule has 2 atom stereocenters. The average Bonchev–Trinajstić information content (AvgIpc) is 3.97. The SMILES string of the molecule is O=C1CCC(N2C(=O)c3ccc(NCCCOCCN4CCN(c5cccc(-c6cnc7ccc(N8CCCC8c8cccc(F)c8)nn67)n5)CC4)cc3C2=O)C(=O)N1. The van der Waals surface area contributed by atoms with Crippen LogP contribution in [0.2, 0.25) is 0 Å². The third-order valence-corrected chi connectivity index (χ3v) is 11.6. The van der Waals surface area contributed by atoms with E-state index in [1.54, 1.807) is 30.3 Å². The third-order valence-electron chi connectivity index (χ3n) is 11.6. The summed E-state index contributed by atoms with van der Waals surface area (Å²) >= 11 is 0. The van der Waals surface area contributed by atoms with Crippen molar-refractivity contribution in [1.29, 1.82) is 0 Å². The molecule has 15 nitrogen and oxygen atoms in total. The summed E-state index contributed by atoms with van der Waals surface area (Å²) in [7, 11) is 0. The molecule has 3 aromatic heterocycles. The van der Waals surface area contributed by atoms with E-state index in [4.69, 9.17) is 14.8 Å². The number of piperidine rings is 1. The van der Waals surface area contributed by atoms with Gasteiger partial charge < -0.3 is 19.9 Å². The second kappa shape index (κ2) is 16.5. The quantitative estimate of drug-likeness (QED) is 0.129. The Labute approximate surface area is 340 Å². The second-order valence-corrected chi connectivity index (χ2v) is 15.3. The van der Waals surface area contributed by atoms with Crippen LogP contribution in [0.15, 0.2) is 79.0 Å². The van der Waals surface area contributed by atoms with Gasteiger partial charge in [0.15, 0.2) is 5.65 Å². The lowest BCUT2D eigenvalue weighted by molar-refractivity contribution is -0.136. The standard InChI is InChI=1S/C43H45FN10O5/c44-29-6-1-5-28(25-29)34-8-3-17-52(34)39-14-13-37-46-27-36(54(37)49-39)33-7-2-9-38(47-33)51-20-18-50(19-21-51)22-24-59-23-4-16-45-30-10-11-31-32(26-30)43(58)53(42(31)57)35-12-15-40(55)48-41(35)56/h1-2,5-7,9-11,13-14,25-27,34-35,45H,3-4,8,12,15-24H2,(H,48,55,56). The molecule has 0 bridgehead atoms. The number of rotatable bonds is 13. The van der Waals surface area contributed by atoms with Crippen molar-refractivity contribution < 1.29 is 28.3 Å². The number of imidazole rings is 1. The van der Waals surface area contributed by atoms with Gasteiger partial charge in [0.05, 0.1) is 35.7 Å². The Balaban J connectivity index is 0.725. The van der Waals surface area contributed by atoms with Crippen molar-refractivity contribution in [3.05, 3.63) is 102 Å². The Bertz CT molecular complexity index is 2420. The van der Waals surface area contributed by atoms with Gasteiger partial charge in [0.2, 0.25) is 11.8 Å². The molecule has 2 N–H and O–H groups in total. The van der Waals surface area contributed by atoms with Crippen LogP contribution in [-0.2, 0) is 14.3 Å². The number of halogens is 1. The average molecular weight is 801 g/mol. The Morgan fingerprint density at radius 2 is 1.68 bits per heavy atom. The topological polar surface area (TPSA) is 158 Å². The normalized spacial score (nSPS) is 19.8. The fourth-order valence-corrected chi connectivity index (χ4v) is 8.52. The number of carbonyl (C=O) groups excluding carboxylic acids is 4. The lowest BCUT2D eigenvalue weighted by Gasteiger charge is -2.35. The van der Waals surface area contributed by atoms with Crippen molar-refractivity contribution in [2.45, 2.75) is 44.2 Å². The van der Waals surface area contributed by atoms with Crippen LogP contribution in [0.1, 0.15) is 64.4 Å². The van der Waals surface area contributed by atoms with Crippen molar-refractivity contribution in [2.24, 2.45) is 0 Å². The third kappa shape index (κ3) is 7.84. The number of imide groups is 2. The van der Waals surface area contributed by atoms with Gasteiger partial charge in [0, 0.05) is 64.5 Å². The smallest absolute Gasteiger partial charge is 0.262 e. The highest BCUT2D eigenvalue weighted by Gasteiger charge is 2.44. The molecule has 0 aliphatic carbocycles. The van der Waals surface area contributed by atoms with E-state index in [2.05, 4.69) is 30.3 Å². The molecule has 4 amide bonds. The number of amides is 4. The van der Waals surface area contributed by atoms with Crippen LogP contribution in [0.4, 0.5) is 21.7 Å². The van der Waals surface area contributed by atoms with E-state index in [-0.39, 0.29) is 35.8 Å². The number of pyridine rings is 1. The van der Waals surface area contributed by atoms with E-state index in [1.807, 2.05) is 47.1 Å². The first-order valence-corrected chi connectivity index (χ1v) is 20.3. The minimum atomic E-state index is -0.985. The summed E-state index contributed by atoms with van der Waals surface area (Å²) in [5, 5.41) is 10.5. The molecular weight excluding hydrogens is 756 g/mol. The van der Waals surface area contributed by atoms with Crippen molar-refractivity contribution in [2.75, 3.05) is 74.1 Å². The molecule has 0 saturated carbocycles. The Morgan fingerprint density at radius 3 is 2.53 bits per heavy atom. The van der Waals surface area contributed by atoms with Crippen LogP contribution in [0.25, 0.3) is 17.0 Å². The summed E-state index contributed by atoms with van der Waals surface area (Å²) in [5.41, 5.74) is 4.51. The first kappa shape index (κ1) is 38.3. The predicted molar refractivity (Wildman–Crippen MR) is 218 cm³/mol.